The Kier molecular flexibility index (Phi) is 5.30. The van der Waals surface area contributed by atoms with Gasteiger partial charge in [0.1, 0.15) is 6.54 Å². The standard InChI is InChI=1S/C19H25N3O2/c1-14(17-7-6-16-4-2-3-5-18(16)10-17)21-19(24)13-22-12-15(8-9-23)11-20-22/h6-7,10-12,14,23H,2-5,8-9,13H2,1H3,(H,21,24)/t14-/m1/s1. The molecule has 0 saturated carbocycles. The van der Waals surface area contributed by atoms with Crippen molar-refractivity contribution in [1.82, 2.24) is 15.1 Å². The van der Waals surface area contributed by atoms with Crippen LogP contribution in [0.25, 0.3) is 0 Å². The molecule has 0 unspecified atom stereocenters. The molecule has 1 aromatic carbocycles. The van der Waals surface area contributed by atoms with Crippen molar-refractivity contribution in [2.24, 2.45) is 0 Å². The van der Waals surface area contributed by atoms with E-state index in [0.29, 0.717) is 6.42 Å². The van der Waals surface area contributed by atoms with Crippen molar-refractivity contribution in [3.63, 3.8) is 0 Å². The second kappa shape index (κ2) is 7.62. The number of carbonyl (C=O) groups is 1. The molecule has 2 aromatic rings. The average Bonchev–Trinajstić information content (AvgIpc) is 3.01. The van der Waals surface area contributed by atoms with E-state index in [1.54, 1.807) is 17.1 Å². The van der Waals surface area contributed by atoms with Crippen molar-refractivity contribution in [2.45, 2.75) is 51.6 Å². The normalized spacial score (nSPS) is 14.9. The Balaban J connectivity index is 1.59. The van der Waals surface area contributed by atoms with Gasteiger partial charge < -0.3 is 10.4 Å². The van der Waals surface area contributed by atoms with Gasteiger partial charge >= 0.3 is 0 Å². The van der Waals surface area contributed by atoms with E-state index < -0.39 is 0 Å². The lowest BCUT2D eigenvalue weighted by molar-refractivity contribution is -0.122. The summed E-state index contributed by atoms with van der Waals surface area (Å²) < 4.78 is 1.61. The molecule has 128 valence electrons. The quantitative estimate of drug-likeness (QED) is 0.854. The van der Waals surface area contributed by atoms with E-state index in [1.807, 2.05) is 6.92 Å². The second-order valence-electron chi connectivity index (χ2n) is 6.54. The van der Waals surface area contributed by atoms with Crippen molar-refractivity contribution < 1.29 is 9.90 Å². The van der Waals surface area contributed by atoms with Gasteiger partial charge in [0.2, 0.25) is 5.91 Å². The lowest BCUT2D eigenvalue weighted by atomic mass is 9.89. The molecule has 0 spiro atoms. The fourth-order valence-electron chi connectivity index (χ4n) is 3.29. The summed E-state index contributed by atoms with van der Waals surface area (Å²) in [5, 5.41) is 16.1. The van der Waals surface area contributed by atoms with Crippen LogP contribution >= 0.6 is 0 Å². The second-order valence-corrected chi connectivity index (χ2v) is 6.54. The third kappa shape index (κ3) is 4.03. The van der Waals surface area contributed by atoms with Gasteiger partial charge in [-0.05, 0) is 61.3 Å². The lowest BCUT2D eigenvalue weighted by Crippen LogP contribution is -2.30. The number of nitrogens with one attached hydrogen (secondary N) is 1. The van der Waals surface area contributed by atoms with Gasteiger partial charge in [-0.3, -0.25) is 9.48 Å². The first-order chi connectivity index (χ1) is 11.7. The summed E-state index contributed by atoms with van der Waals surface area (Å²) in [6, 6.07) is 6.56. The first-order valence-electron chi connectivity index (χ1n) is 8.69. The zero-order chi connectivity index (χ0) is 16.9. The van der Waals surface area contributed by atoms with E-state index in [2.05, 4.69) is 28.6 Å². The summed E-state index contributed by atoms with van der Waals surface area (Å²) in [6.45, 7) is 2.30. The molecule has 5 nitrogen and oxygen atoms in total. The van der Waals surface area contributed by atoms with Crippen molar-refractivity contribution in [3.05, 3.63) is 52.8 Å². The number of carbonyl (C=O) groups excluding carboxylic acids is 1. The number of aryl methyl sites for hydroxylation is 2. The minimum atomic E-state index is -0.0566. The number of amides is 1. The number of benzene rings is 1. The van der Waals surface area contributed by atoms with Crippen LogP contribution < -0.4 is 5.32 Å². The SMILES string of the molecule is C[C@@H](NC(=O)Cn1cc(CCO)cn1)c1ccc2c(c1)CCCC2. The number of fused-ring (bicyclic) bond motifs is 1. The number of hydrogen-bond donors (Lipinski definition) is 2. The zero-order valence-corrected chi connectivity index (χ0v) is 14.2. The monoisotopic (exact) mass is 327 g/mol. The highest BCUT2D eigenvalue weighted by Gasteiger charge is 2.14. The number of hydrogen-bond acceptors (Lipinski definition) is 3. The molecule has 0 bridgehead atoms. The van der Waals surface area contributed by atoms with E-state index in [0.717, 1.165) is 17.5 Å². The van der Waals surface area contributed by atoms with Crippen LogP contribution in [0.15, 0.2) is 30.6 Å². The highest BCUT2D eigenvalue weighted by atomic mass is 16.3. The number of aromatic nitrogens is 2. The van der Waals surface area contributed by atoms with Crippen molar-refractivity contribution in [1.29, 1.82) is 0 Å². The van der Waals surface area contributed by atoms with E-state index in [4.69, 9.17) is 5.11 Å². The maximum Gasteiger partial charge on any atom is 0.242 e. The molecule has 2 N–H and O–H groups in total. The van der Waals surface area contributed by atoms with Gasteiger partial charge in [-0.1, -0.05) is 18.2 Å². The fraction of sp³-hybridized carbons (Fsp3) is 0.474. The third-order valence-electron chi connectivity index (χ3n) is 4.64. The van der Waals surface area contributed by atoms with Gasteiger partial charge in [0.05, 0.1) is 12.2 Å². The summed E-state index contributed by atoms with van der Waals surface area (Å²) in [6.07, 6.45) is 8.91. The molecule has 1 atom stereocenters. The minimum absolute atomic E-state index is 0.0165. The molecular weight excluding hydrogens is 302 g/mol. The summed E-state index contributed by atoms with van der Waals surface area (Å²) in [7, 11) is 0. The van der Waals surface area contributed by atoms with Gasteiger partial charge in [-0.15, -0.1) is 0 Å². The molecule has 0 radical (unpaired) electrons. The molecule has 1 heterocycles. The smallest absolute Gasteiger partial charge is 0.242 e. The maximum atomic E-state index is 12.2. The first-order valence-corrected chi connectivity index (χ1v) is 8.69. The van der Waals surface area contributed by atoms with E-state index in [1.165, 1.54) is 30.4 Å². The van der Waals surface area contributed by atoms with Gasteiger partial charge in [-0.25, -0.2) is 0 Å². The predicted molar refractivity (Wildman–Crippen MR) is 92.7 cm³/mol. The molecule has 1 aliphatic rings. The molecule has 1 aromatic heterocycles. The number of nitrogens with zero attached hydrogens (tertiary/aromatic N) is 2. The van der Waals surface area contributed by atoms with Crippen molar-refractivity contribution >= 4 is 5.91 Å². The molecule has 3 rings (SSSR count). The van der Waals surface area contributed by atoms with Crippen LogP contribution in [0.5, 0.6) is 0 Å². The van der Waals surface area contributed by atoms with Crippen LogP contribution in [0, 0.1) is 0 Å². The molecule has 0 saturated heterocycles. The Hall–Kier alpha value is -2.14. The molecule has 5 heteroatoms. The zero-order valence-electron chi connectivity index (χ0n) is 14.2. The Morgan fingerprint density at radius 2 is 2.12 bits per heavy atom. The summed E-state index contributed by atoms with van der Waals surface area (Å²) in [4.78, 5) is 12.2. The molecule has 1 aliphatic carbocycles. The molecule has 1 amide bonds. The number of aliphatic hydroxyl groups is 1. The van der Waals surface area contributed by atoms with Crippen LogP contribution in [-0.2, 0) is 30.6 Å². The summed E-state index contributed by atoms with van der Waals surface area (Å²) in [5.74, 6) is -0.0566. The largest absolute Gasteiger partial charge is 0.396 e. The predicted octanol–water partition coefficient (Wildman–Crippen LogP) is 2.17. The molecule has 0 aliphatic heterocycles. The fourth-order valence-corrected chi connectivity index (χ4v) is 3.29. The number of aliphatic hydroxyl groups excluding tert-OH is 1. The third-order valence-corrected chi connectivity index (χ3v) is 4.64. The van der Waals surface area contributed by atoms with Crippen molar-refractivity contribution in [3.8, 4) is 0 Å². The van der Waals surface area contributed by atoms with Gasteiger partial charge in [0.15, 0.2) is 0 Å². The van der Waals surface area contributed by atoms with Gasteiger partial charge in [-0.2, -0.15) is 5.10 Å². The highest BCUT2D eigenvalue weighted by molar-refractivity contribution is 5.76. The van der Waals surface area contributed by atoms with E-state index in [9.17, 15) is 4.79 Å². The summed E-state index contributed by atoms with van der Waals surface area (Å²) in [5.41, 5.74) is 4.98. The van der Waals surface area contributed by atoms with E-state index >= 15 is 0 Å². The van der Waals surface area contributed by atoms with E-state index in [-0.39, 0.29) is 25.1 Å². The Morgan fingerprint density at radius 1 is 1.33 bits per heavy atom. The minimum Gasteiger partial charge on any atom is -0.396 e. The van der Waals surface area contributed by atoms with Crippen LogP contribution in [0.4, 0.5) is 0 Å². The number of rotatable bonds is 6. The Morgan fingerprint density at radius 3 is 2.92 bits per heavy atom. The summed E-state index contributed by atoms with van der Waals surface area (Å²) >= 11 is 0. The molecule has 0 fully saturated rings. The highest BCUT2D eigenvalue weighted by Crippen LogP contribution is 2.24. The lowest BCUT2D eigenvalue weighted by Gasteiger charge is -2.20. The Labute approximate surface area is 142 Å². The van der Waals surface area contributed by atoms with Crippen molar-refractivity contribution in [2.75, 3.05) is 6.61 Å². The van der Waals surface area contributed by atoms with Crippen LogP contribution in [0.2, 0.25) is 0 Å². The maximum absolute atomic E-state index is 12.2. The molecular formula is C19H25N3O2. The first kappa shape index (κ1) is 16.7. The average molecular weight is 327 g/mol. The van der Waals surface area contributed by atoms with Gasteiger partial charge in [0, 0.05) is 12.8 Å². The van der Waals surface area contributed by atoms with Gasteiger partial charge in [0.25, 0.3) is 0 Å². The molecule has 24 heavy (non-hydrogen) atoms. The Bertz CT molecular complexity index is 708. The van der Waals surface area contributed by atoms with Crippen LogP contribution in [0.1, 0.15) is 48.1 Å². The van der Waals surface area contributed by atoms with Crippen LogP contribution in [0.3, 0.4) is 0 Å². The van der Waals surface area contributed by atoms with Crippen LogP contribution in [-0.4, -0.2) is 27.4 Å². The topological polar surface area (TPSA) is 67.2 Å².